The van der Waals surface area contributed by atoms with Crippen LogP contribution >= 0.6 is 0 Å². The van der Waals surface area contributed by atoms with E-state index in [1.54, 1.807) is 4.90 Å². The highest BCUT2D eigenvalue weighted by Crippen LogP contribution is 2.33. The van der Waals surface area contributed by atoms with Gasteiger partial charge in [0.2, 0.25) is 0 Å². The van der Waals surface area contributed by atoms with Crippen LogP contribution in [0.5, 0.6) is 0 Å². The van der Waals surface area contributed by atoms with E-state index in [4.69, 9.17) is 0 Å². The minimum atomic E-state index is -0.423. The van der Waals surface area contributed by atoms with E-state index in [2.05, 4.69) is 14.5 Å². The van der Waals surface area contributed by atoms with Gasteiger partial charge in [-0.3, -0.25) is 4.79 Å². The van der Waals surface area contributed by atoms with Crippen LogP contribution in [-0.2, 0) is 6.54 Å². The van der Waals surface area contributed by atoms with Crippen LogP contribution in [0.2, 0.25) is 0 Å². The third kappa shape index (κ3) is 4.00. The van der Waals surface area contributed by atoms with Crippen molar-refractivity contribution in [3.05, 3.63) is 60.7 Å². The number of aliphatic hydroxyl groups is 1. The zero-order valence-corrected chi connectivity index (χ0v) is 16.9. The van der Waals surface area contributed by atoms with Crippen LogP contribution in [0.4, 0.5) is 0 Å². The lowest BCUT2D eigenvalue weighted by atomic mass is 10.1. The first kappa shape index (κ1) is 19.0. The average Bonchev–Trinajstić information content (AvgIpc) is 3.51. The number of nitrogens with zero attached hydrogens (tertiary/aromatic N) is 4. The van der Waals surface area contributed by atoms with Crippen molar-refractivity contribution in [2.45, 2.75) is 38.3 Å². The average molecular weight is 402 g/mol. The molecule has 3 heterocycles. The molecule has 0 bridgehead atoms. The molecule has 3 aromatic rings. The van der Waals surface area contributed by atoms with Crippen molar-refractivity contribution in [3.8, 4) is 22.5 Å². The highest BCUT2D eigenvalue weighted by atomic mass is 16.3. The number of carbonyl (C=O) groups is 1. The van der Waals surface area contributed by atoms with Gasteiger partial charge in [-0.25, -0.2) is 9.97 Å². The van der Waals surface area contributed by atoms with Crippen LogP contribution in [0, 0.1) is 5.92 Å². The van der Waals surface area contributed by atoms with Crippen LogP contribution in [0.25, 0.3) is 22.5 Å². The summed E-state index contributed by atoms with van der Waals surface area (Å²) in [5.74, 6) is 1.35. The number of amides is 1. The molecule has 1 saturated heterocycles. The normalized spacial score (nSPS) is 19.1. The van der Waals surface area contributed by atoms with Crippen molar-refractivity contribution < 1.29 is 9.90 Å². The van der Waals surface area contributed by atoms with Crippen molar-refractivity contribution in [1.82, 2.24) is 19.4 Å². The Morgan fingerprint density at radius 2 is 1.80 bits per heavy atom. The lowest BCUT2D eigenvalue weighted by Gasteiger charge is -2.30. The molecule has 1 saturated carbocycles. The van der Waals surface area contributed by atoms with E-state index in [0.29, 0.717) is 30.5 Å². The van der Waals surface area contributed by atoms with Gasteiger partial charge in [0.05, 0.1) is 6.10 Å². The smallest absolute Gasteiger partial charge is 0.270 e. The summed E-state index contributed by atoms with van der Waals surface area (Å²) in [7, 11) is 0. The number of benzene rings is 1. The monoisotopic (exact) mass is 402 g/mol. The second-order valence-electron chi connectivity index (χ2n) is 8.42. The minimum absolute atomic E-state index is 0.00229. The summed E-state index contributed by atoms with van der Waals surface area (Å²) in [6.45, 7) is 1.98. The molecule has 1 aromatic carbocycles. The van der Waals surface area contributed by atoms with Gasteiger partial charge in [0.15, 0.2) is 5.82 Å². The fourth-order valence-electron chi connectivity index (χ4n) is 4.09. The number of β-amino-alcohol motifs (C(OH)–C–C–N with tert-alkyl or cyclic N) is 1. The Balaban J connectivity index is 1.43. The molecule has 6 heteroatoms. The SMILES string of the molecule is O=C(c1cc(-c2cnc(-c3ccccc3)nc2)cn1CC1CC1)N1CCCC(O)C1. The largest absolute Gasteiger partial charge is 0.391 e. The van der Waals surface area contributed by atoms with E-state index in [1.165, 1.54) is 12.8 Å². The van der Waals surface area contributed by atoms with E-state index in [9.17, 15) is 9.90 Å². The molecule has 30 heavy (non-hydrogen) atoms. The zero-order valence-electron chi connectivity index (χ0n) is 16.9. The van der Waals surface area contributed by atoms with E-state index >= 15 is 0 Å². The van der Waals surface area contributed by atoms with Gasteiger partial charge in [0.1, 0.15) is 5.69 Å². The van der Waals surface area contributed by atoms with Gasteiger partial charge in [0, 0.05) is 54.9 Å². The summed E-state index contributed by atoms with van der Waals surface area (Å²) in [5, 5.41) is 9.99. The standard InChI is InChI=1S/C24H26N4O2/c29-21-7-4-10-27(16-21)24(30)22-11-19(15-28(22)14-17-8-9-17)20-12-25-23(26-13-20)18-5-2-1-3-6-18/h1-3,5-6,11-13,15,17,21,29H,4,7-10,14,16H2. The molecule has 1 aliphatic heterocycles. The summed E-state index contributed by atoms with van der Waals surface area (Å²) in [4.78, 5) is 24.1. The van der Waals surface area contributed by atoms with Gasteiger partial charge in [-0.1, -0.05) is 30.3 Å². The van der Waals surface area contributed by atoms with Gasteiger partial charge in [-0.05, 0) is 37.7 Å². The molecule has 1 aliphatic carbocycles. The van der Waals surface area contributed by atoms with Crippen molar-refractivity contribution in [2.75, 3.05) is 13.1 Å². The Labute approximate surface area is 176 Å². The Kier molecular flexibility index (Phi) is 5.09. The molecule has 2 fully saturated rings. The predicted octanol–water partition coefficient (Wildman–Crippen LogP) is 3.62. The summed E-state index contributed by atoms with van der Waals surface area (Å²) in [6, 6.07) is 11.9. The number of carbonyl (C=O) groups excluding carboxylic acids is 1. The first-order chi connectivity index (χ1) is 14.7. The van der Waals surface area contributed by atoms with Crippen molar-refractivity contribution >= 4 is 5.91 Å². The number of aromatic nitrogens is 3. The first-order valence-corrected chi connectivity index (χ1v) is 10.7. The molecule has 1 unspecified atom stereocenters. The maximum absolute atomic E-state index is 13.2. The molecular weight excluding hydrogens is 376 g/mol. The summed E-state index contributed by atoms with van der Waals surface area (Å²) in [6.07, 6.45) is 9.33. The van der Waals surface area contributed by atoms with Crippen molar-refractivity contribution in [1.29, 1.82) is 0 Å². The van der Waals surface area contributed by atoms with Gasteiger partial charge in [-0.2, -0.15) is 0 Å². The predicted molar refractivity (Wildman–Crippen MR) is 115 cm³/mol. The second kappa shape index (κ2) is 8.03. The first-order valence-electron chi connectivity index (χ1n) is 10.7. The Morgan fingerprint density at radius 3 is 2.50 bits per heavy atom. The molecule has 0 radical (unpaired) electrons. The lowest BCUT2D eigenvalue weighted by Crippen LogP contribution is -2.42. The number of rotatable bonds is 5. The molecule has 2 aliphatic rings. The molecule has 5 rings (SSSR count). The number of piperidine rings is 1. The van der Waals surface area contributed by atoms with Crippen molar-refractivity contribution in [2.24, 2.45) is 5.92 Å². The molecule has 1 atom stereocenters. The minimum Gasteiger partial charge on any atom is -0.391 e. The summed E-state index contributed by atoms with van der Waals surface area (Å²) >= 11 is 0. The zero-order chi connectivity index (χ0) is 20.5. The number of hydrogen-bond acceptors (Lipinski definition) is 4. The molecule has 1 amide bonds. The number of aliphatic hydroxyl groups excluding tert-OH is 1. The quantitative estimate of drug-likeness (QED) is 0.708. The molecule has 1 N–H and O–H groups in total. The van der Waals surface area contributed by atoms with Gasteiger partial charge in [-0.15, -0.1) is 0 Å². The Morgan fingerprint density at radius 1 is 1.03 bits per heavy atom. The summed E-state index contributed by atoms with van der Waals surface area (Å²) in [5.41, 5.74) is 3.53. The summed E-state index contributed by atoms with van der Waals surface area (Å²) < 4.78 is 2.08. The molecule has 6 nitrogen and oxygen atoms in total. The molecule has 2 aromatic heterocycles. The number of likely N-dealkylation sites (tertiary alicyclic amines) is 1. The highest BCUT2D eigenvalue weighted by Gasteiger charge is 2.28. The molecule has 0 spiro atoms. The van der Waals surface area contributed by atoms with Crippen LogP contribution in [0.15, 0.2) is 55.0 Å². The maximum Gasteiger partial charge on any atom is 0.270 e. The third-order valence-corrected chi connectivity index (χ3v) is 5.97. The Bertz CT molecular complexity index is 1030. The number of hydrogen-bond donors (Lipinski definition) is 1. The second-order valence-corrected chi connectivity index (χ2v) is 8.42. The Hall–Kier alpha value is -2.99. The van der Waals surface area contributed by atoms with E-state index in [1.807, 2.05) is 55.0 Å². The maximum atomic E-state index is 13.2. The van der Waals surface area contributed by atoms with E-state index in [-0.39, 0.29) is 5.91 Å². The van der Waals surface area contributed by atoms with Crippen LogP contribution in [-0.4, -0.2) is 49.6 Å². The van der Waals surface area contributed by atoms with Crippen LogP contribution < -0.4 is 0 Å². The van der Waals surface area contributed by atoms with Crippen molar-refractivity contribution in [3.63, 3.8) is 0 Å². The molecule has 154 valence electrons. The van der Waals surface area contributed by atoms with Gasteiger partial charge >= 0.3 is 0 Å². The van der Waals surface area contributed by atoms with Gasteiger partial charge in [0.25, 0.3) is 5.91 Å². The van der Waals surface area contributed by atoms with Gasteiger partial charge < -0.3 is 14.6 Å². The lowest BCUT2D eigenvalue weighted by molar-refractivity contribution is 0.0464. The highest BCUT2D eigenvalue weighted by molar-refractivity contribution is 5.94. The van der Waals surface area contributed by atoms with Crippen LogP contribution in [0.1, 0.15) is 36.2 Å². The topological polar surface area (TPSA) is 71.2 Å². The fourth-order valence-corrected chi connectivity index (χ4v) is 4.09. The van der Waals surface area contributed by atoms with Crippen LogP contribution in [0.3, 0.4) is 0 Å². The third-order valence-electron chi connectivity index (χ3n) is 5.97. The fraction of sp³-hybridized carbons (Fsp3) is 0.375. The van der Waals surface area contributed by atoms with E-state index in [0.717, 1.165) is 36.1 Å². The van der Waals surface area contributed by atoms with E-state index < -0.39 is 6.10 Å². The molecular formula is C24H26N4O2.